The van der Waals surface area contributed by atoms with Gasteiger partial charge < -0.3 is 9.84 Å². The molecular formula is C26H40O3. The topological polar surface area (TPSA) is 46.5 Å². The first-order valence-electron chi connectivity index (χ1n) is 11.2. The number of allylic oxidation sites excluding steroid dienone is 3. The molecule has 162 valence electrons. The van der Waals surface area contributed by atoms with Gasteiger partial charge in [-0.1, -0.05) is 80.7 Å². The number of hydrogen-bond donors (Lipinski definition) is 1. The van der Waals surface area contributed by atoms with E-state index in [2.05, 4.69) is 23.8 Å². The number of aliphatic hydroxyl groups is 1. The van der Waals surface area contributed by atoms with Crippen molar-refractivity contribution in [2.75, 3.05) is 7.11 Å². The molecule has 0 spiro atoms. The lowest BCUT2D eigenvalue weighted by atomic mass is 9.91. The Bertz CT molecular complexity index is 614. The van der Waals surface area contributed by atoms with Crippen LogP contribution in [0.4, 0.5) is 0 Å². The van der Waals surface area contributed by atoms with Gasteiger partial charge >= 0.3 is 5.97 Å². The molecule has 1 atom stereocenters. The van der Waals surface area contributed by atoms with Gasteiger partial charge in [-0.05, 0) is 57.1 Å². The second kappa shape index (κ2) is 15.0. The van der Waals surface area contributed by atoms with Crippen LogP contribution in [-0.2, 0) is 15.1 Å². The number of carbonyl (C=O) groups is 1. The minimum absolute atomic E-state index is 0.105. The molecule has 0 heterocycles. The lowest BCUT2D eigenvalue weighted by molar-refractivity contribution is -0.140. The molecule has 0 aromatic heterocycles. The summed E-state index contributed by atoms with van der Waals surface area (Å²) < 4.78 is 4.65. The number of ether oxygens (including phenoxy) is 1. The standard InChI is InChI=1S/C26H40O3/c1-4-5-17-23(22-26(2,28)24-19-14-12-15-20-24)18-13-10-8-6-7-9-11-16-21-25(27)29-3/h10,12-15,19-20,22,28H,4-9,11,16-18,21H2,1-3H3/b13-10+,23-22+. The normalized spacial score (nSPS) is 14.1. The molecule has 3 nitrogen and oxygen atoms in total. The lowest BCUT2D eigenvalue weighted by Gasteiger charge is -2.22. The monoisotopic (exact) mass is 400 g/mol. The average Bonchev–Trinajstić information content (AvgIpc) is 2.73. The van der Waals surface area contributed by atoms with Gasteiger partial charge in [-0.15, -0.1) is 0 Å². The summed E-state index contributed by atoms with van der Waals surface area (Å²) >= 11 is 0. The van der Waals surface area contributed by atoms with Crippen LogP contribution in [0, 0.1) is 0 Å². The van der Waals surface area contributed by atoms with Crippen molar-refractivity contribution in [2.24, 2.45) is 0 Å². The van der Waals surface area contributed by atoms with E-state index in [-0.39, 0.29) is 5.97 Å². The fourth-order valence-electron chi connectivity index (χ4n) is 3.41. The molecule has 1 aromatic carbocycles. The minimum Gasteiger partial charge on any atom is -0.469 e. The van der Waals surface area contributed by atoms with Crippen molar-refractivity contribution in [3.8, 4) is 0 Å². The Kier molecular flexibility index (Phi) is 13.0. The zero-order valence-corrected chi connectivity index (χ0v) is 18.7. The molecule has 0 aliphatic rings. The summed E-state index contributed by atoms with van der Waals surface area (Å²) in [5.41, 5.74) is 1.31. The fourth-order valence-corrected chi connectivity index (χ4v) is 3.41. The molecule has 1 N–H and O–H groups in total. The molecule has 1 rings (SSSR count). The summed E-state index contributed by atoms with van der Waals surface area (Å²) in [4.78, 5) is 11.1. The Balaban J connectivity index is 2.38. The molecule has 0 bridgehead atoms. The van der Waals surface area contributed by atoms with Crippen LogP contribution < -0.4 is 0 Å². The van der Waals surface area contributed by atoms with Gasteiger partial charge in [0.1, 0.15) is 5.60 Å². The fraction of sp³-hybridized carbons (Fsp3) is 0.577. The Morgan fingerprint density at radius 2 is 1.69 bits per heavy atom. The van der Waals surface area contributed by atoms with Crippen LogP contribution in [0.15, 0.2) is 54.1 Å². The molecule has 0 aliphatic carbocycles. The van der Waals surface area contributed by atoms with Crippen molar-refractivity contribution >= 4 is 5.97 Å². The first kappa shape index (κ1) is 25.2. The Morgan fingerprint density at radius 3 is 2.38 bits per heavy atom. The van der Waals surface area contributed by atoms with Gasteiger partial charge in [-0.3, -0.25) is 4.79 Å². The van der Waals surface area contributed by atoms with Gasteiger partial charge in [0.05, 0.1) is 7.11 Å². The maximum atomic E-state index is 11.1. The number of unbranched alkanes of at least 4 members (excludes halogenated alkanes) is 6. The summed E-state index contributed by atoms with van der Waals surface area (Å²) in [5, 5.41) is 10.9. The van der Waals surface area contributed by atoms with E-state index < -0.39 is 5.60 Å². The van der Waals surface area contributed by atoms with Crippen LogP contribution in [0.2, 0.25) is 0 Å². The Hall–Kier alpha value is -1.87. The van der Waals surface area contributed by atoms with Crippen LogP contribution >= 0.6 is 0 Å². The van der Waals surface area contributed by atoms with Gasteiger partial charge in [-0.25, -0.2) is 0 Å². The van der Waals surface area contributed by atoms with E-state index in [0.717, 1.165) is 50.5 Å². The highest BCUT2D eigenvalue weighted by atomic mass is 16.5. The summed E-state index contributed by atoms with van der Waals surface area (Å²) in [5.74, 6) is -0.105. The first-order valence-corrected chi connectivity index (χ1v) is 11.2. The van der Waals surface area contributed by atoms with Gasteiger partial charge in [0.25, 0.3) is 0 Å². The first-order chi connectivity index (χ1) is 14.0. The highest BCUT2D eigenvalue weighted by Crippen LogP contribution is 2.26. The van der Waals surface area contributed by atoms with Crippen LogP contribution in [0.25, 0.3) is 0 Å². The Morgan fingerprint density at radius 1 is 1.00 bits per heavy atom. The van der Waals surface area contributed by atoms with Crippen LogP contribution in [0.5, 0.6) is 0 Å². The second-order valence-electron chi connectivity index (χ2n) is 7.98. The van der Waals surface area contributed by atoms with Crippen molar-refractivity contribution < 1.29 is 14.6 Å². The number of benzene rings is 1. The molecule has 29 heavy (non-hydrogen) atoms. The van der Waals surface area contributed by atoms with Crippen molar-refractivity contribution in [3.63, 3.8) is 0 Å². The zero-order chi connectivity index (χ0) is 21.4. The number of methoxy groups -OCH3 is 1. The molecule has 0 saturated carbocycles. The predicted molar refractivity (Wildman–Crippen MR) is 122 cm³/mol. The van der Waals surface area contributed by atoms with Gasteiger partial charge in [0.15, 0.2) is 0 Å². The molecular weight excluding hydrogens is 360 g/mol. The number of carbonyl (C=O) groups excluding carboxylic acids is 1. The molecule has 0 aliphatic heterocycles. The summed E-state index contributed by atoms with van der Waals surface area (Å²) in [6.07, 6.45) is 18.0. The van der Waals surface area contributed by atoms with Crippen molar-refractivity contribution in [3.05, 3.63) is 59.7 Å². The zero-order valence-electron chi connectivity index (χ0n) is 18.7. The van der Waals surface area contributed by atoms with Gasteiger partial charge in [0, 0.05) is 6.42 Å². The molecule has 0 amide bonds. The summed E-state index contributed by atoms with van der Waals surface area (Å²) in [7, 11) is 1.44. The summed E-state index contributed by atoms with van der Waals surface area (Å²) in [6, 6.07) is 9.88. The van der Waals surface area contributed by atoms with E-state index in [9.17, 15) is 9.90 Å². The molecule has 0 radical (unpaired) electrons. The lowest BCUT2D eigenvalue weighted by Crippen LogP contribution is -2.18. The van der Waals surface area contributed by atoms with E-state index in [4.69, 9.17) is 0 Å². The van der Waals surface area contributed by atoms with E-state index in [0.29, 0.717) is 6.42 Å². The number of rotatable bonds is 15. The van der Waals surface area contributed by atoms with Crippen LogP contribution in [-0.4, -0.2) is 18.2 Å². The smallest absolute Gasteiger partial charge is 0.305 e. The maximum Gasteiger partial charge on any atom is 0.305 e. The molecule has 0 saturated heterocycles. The van der Waals surface area contributed by atoms with E-state index >= 15 is 0 Å². The van der Waals surface area contributed by atoms with Gasteiger partial charge in [-0.2, -0.15) is 0 Å². The minimum atomic E-state index is -0.928. The van der Waals surface area contributed by atoms with E-state index in [1.807, 2.05) is 43.3 Å². The molecule has 1 unspecified atom stereocenters. The van der Waals surface area contributed by atoms with Crippen LogP contribution in [0.1, 0.15) is 90.0 Å². The summed E-state index contributed by atoms with van der Waals surface area (Å²) in [6.45, 7) is 4.08. The average molecular weight is 401 g/mol. The third-order valence-electron chi connectivity index (χ3n) is 5.22. The molecule has 3 heteroatoms. The maximum absolute atomic E-state index is 11.1. The quantitative estimate of drug-likeness (QED) is 0.199. The van der Waals surface area contributed by atoms with Crippen molar-refractivity contribution in [1.82, 2.24) is 0 Å². The SMILES string of the molecule is CCCC/C(=C\C(C)(O)c1ccccc1)C/C=C/CCCCCCCC(=O)OC. The third-order valence-corrected chi connectivity index (χ3v) is 5.22. The third kappa shape index (κ3) is 11.7. The van der Waals surface area contributed by atoms with Crippen LogP contribution in [0.3, 0.4) is 0 Å². The number of hydrogen-bond acceptors (Lipinski definition) is 3. The van der Waals surface area contributed by atoms with E-state index in [1.165, 1.54) is 31.9 Å². The molecule has 0 fully saturated rings. The Labute approximate surface area is 177 Å². The van der Waals surface area contributed by atoms with Gasteiger partial charge in [0.2, 0.25) is 0 Å². The van der Waals surface area contributed by atoms with Crippen molar-refractivity contribution in [2.45, 2.75) is 90.1 Å². The predicted octanol–water partition coefficient (Wildman–Crippen LogP) is 6.86. The van der Waals surface area contributed by atoms with Crippen molar-refractivity contribution in [1.29, 1.82) is 0 Å². The highest BCUT2D eigenvalue weighted by Gasteiger charge is 2.20. The second-order valence-corrected chi connectivity index (χ2v) is 7.98. The van der Waals surface area contributed by atoms with E-state index in [1.54, 1.807) is 0 Å². The largest absolute Gasteiger partial charge is 0.469 e. The molecule has 1 aromatic rings. The highest BCUT2D eigenvalue weighted by molar-refractivity contribution is 5.68. The number of esters is 1.